The Labute approximate surface area is 96.0 Å². The van der Waals surface area contributed by atoms with Crippen LogP contribution in [0.1, 0.15) is 24.0 Å². The number of esters is 1. The first kappa shape index (κ1) is 11.1. The van der Waals surface area contributed by atoms with Gasteiger partial charge in [-0.1, -0.05) is 24.3 Å². The average molecular weight is 219 g/mol. The van der Waals surface area contributed by atoms with Gasteiger partial charge in [-0.05, 0) is 24.1 Å². The number of carbonyl (C=O) groups is 1. The van der Waals surface area contributed by atoms with Gasteiger partial charge in [-0.3, -0.25) is 9.69 Å². The van der Waals surface area contributed by atoms with Crippen LogP contribution < -0.4 is 0 Å². The predicted molar refractivity (Wildman–Crippen MR) is 61.8 cm³/mol. The Hall–Kier alpha value is -1.35. The topological polar surface area (TPSA) is 29.5 Å². The first-order valence-electron chi connectivity index (χ1n) is 5.65. The Kier molecular flexibility index (Phi) is 3.57. The highest BCUT2D eigenvalue weighted by Crippen LogP contribution is 2.22. The molecular weight excluding hydrogens is 202 g/mol. The van der Waals surface area contributed by atoms with E-state index in [1.165, 1.54) is 18.2 Å². The van der Waals surface area contributed by atoms with Crippen molar-refractivity contribution in [1.82, 2.24) is 4.90 Å². The summed E-state index contributed by atoms with van der Waals surface area (Å²) in [4.78, 5) is 13.3. The van der Waals surface area contributed by atoms with E-state index in [0.717, 1.165) is 26.1 Å². The second kappa shape index (κ2) is 5.12. The molecular formula is C13H17NO2. The molecule has 0 aromatic heterocycles. The Bertz CT molecular complexity index is 351. The molecule has 0 amide bonds. The number of methoxy groups -OCH3 is 1. The SMILES string of the molecule is COC(=O)CCCN1Cc2ccccc2C1. The van der Waals surface area contributed by atoms with Crippen LogP contribution in [0.2, 0.25) is 0 Å². The van der Waals surface area contributed by atoms with E-state index in [1.807, 2.05) is 0 Å². The summed E-state index contributed by atoms with van der Waals surface area (Å²) in [6.45, 7) is 2.98. The number of carbonyl (C=O) groups excluding carboxylic acids is 1. The van der Waals surface area contributed by atoms with Crippen LogP contribution >= 0.6 is 0 Å². The Balaban J connectivity index is 1.77. The van der Waals surface area contributed by atoms with E-state index in [0.29, 0.717) is 6.42 Å². The van der Waals surface area contributed by atoms with Gasteiger partial charge in [-0.25, -0.2) is 0 Å². The molecule has 86 valence electrons. The van der Waals surface area contributed by atoms with Gasteiger partial charge < -0.3 is 4.74 Å². The first-order valence-corrected chi connectivity index (χ1v) is 5.65. The molecule has 3 nitrogen and oxygen atoms in total. The lowest BCUT2D eigenvalue weighted by Gasteiger charge is -2.13. The molecule has 0 saturated heterocycles. The molecule has 3 heteroatoms. The highest BCUT2D eigenvalue weighted by Gasteiger charge is 2.17. The minimum Gasteiger partial charge on any atom is -0.469 e. The molecule has 0 spiro atoms. The van der Waals surface area contributed by atoms with Gasteiger partial charge in [0.15, 0.2) is 0 Å². The van der Waals surface area contributed by atoms with Crippen LogP contribution in [0.5, 0.6) is 0 Å². The van der Waals surface area contributed by atoms with E-state index < -0.39 is 0 Å². The summed E-state index contributed by atoms with van der Waals surface area (Å²) in [5, 5.41) is 0. The van der Waals surface area contributed by atoms with Crippen LogP contribution in [0.3, 0.4) is 0 Å². The number of nitrogens with zero attached hydrogens (tertiary/aromatic N) is 1. The molecule has 1 aromatic carbocycles. The molecule has 0 saturated carbocycles. The number of rotatable bonds is 4. The normalized spacial score (nSPS) is 14.8. The van der Waals surface area contributed by atoms with Gasteiger partial charge in [-0.15, -0.1) is 0 Å². The summed E-state index contributed by atoms with van der Waals surface area (Å²) in [5.41, 5.74) is 2.83. The molecule has 0 radical (unpaired) electrons. The molecule has 1 aliphatic rings. The van der Waals surface area contributed by atoms with Crippen molar-refractivity contribution in [3.63, 3.8) is 0 Å². The molecule has 1 heterocycles. The second-order valence-corrected chi connectivity index (χ2v) is 4.16. The minimum atomic E-state index is -0.114. The summed E-state index contributed by atoms with van der Waals surface area (Å²) in [6.07, 6.45) is 1.39. The van der Waals surface area contributed by atoms with Gasteiger partial charge in [0.1, 0.15) is 0 Å². The van der Waals surface area contributed by atoms with E-state index in [9.17, 15) is 4.79 Å². The zero-order valence-corrected chi connectivity index (χ0v) is 9.61. The molecule has 0 unspecified atom stereocenters. The van der Waals surface area contributed by atoms with E-state index in [1.54, 1.807) is 0 Å². The predicted octanol–water partition coefficient (Wildman–Crippen LogP) is 1.96. The van der Waals surface area contributed by atoms with Crippen molar-refractivity contribution in [2.75, 3.05) is 13.7 Å². The van der Waals surface area contributed by atoms with E-state index in [4.69, 9.17) is 0 Å². The maximum absolute atomic E-state index is 11.0. The van der Waals surface area contributed by atoms with Crippen LogP contribution in [0.15, 0.2) is 24.3 Å². The number of hydrogen-bond donors (Lipinski definition) is 0. The fraction of sp³-hybridized carbons (Fsp3) is 0.462. The molecule has 0 bridgehead atoms. The monoisotopic (exact) mass is 219 g/mol. The van der Waals surface area contributed by atoms with Crippen molar-refractivity contribution in [3.8, 4) is 0 Å². The summed E-state index contributed by atoms with van der Waals surface area (Å²) in [6, 6.07) is 8.51. The summed E-state index contributed by atoms with van der Waals surface area (Å²) in [7, 11) is 1.44. The van der Waals surface area contributed by atoms with E-state index >= 15 is 0 Å². The third-order valence-corrected chi connectivity index (χ3v) is 2.99. The smallest absolute Gasteiger partial charge is 0.305 e. The van der Waals surface area contributed by atoms with Crippen LogP contribution in [-0.4, -0.2) is 24.5 Å². The van der Waals surface area contributed by atoms with Gasteiger partial charge in [-0.2, -0.15) is 0 Å². The van der Waals surface area contributed by atoms with Gasteiger partial charge in [0.2, 0.25) is 0 Å². The second-order valence-electron chi connectivity index (χ2n) is 4.16. The third-order valence-electron chi connectivity index (χ3n) is 2.99. The maximum atomic E-state index is 11.0. The van der Waals surface area contributed by atoms with Crippen molar-refractivity contribution in [2.24, 2.45) is 0 Å². The van der Waals surface area contributed by atoms with Gasteiger partial charge in [0, 0.05) is 19.5 Å². The fourth-order valence-electron chi connectivity index (χ4n) is 2.11. The van der Waals surface area contributed by atoms with Crippen molar-refractivity contribution < 1.29 is 9.53 Å². The number of benzene rings is 1. The lowest BCUT2D eigenvalue weighted by atomic mass is 10.1. The molecule has 2 rings (SSSR count). The fourth-order valence-corrected chi connectivity index (χ4v) is 2.11. The van der Waals surface area contributed by atoms with Crippen LogP contribution in [-0.2, 0) is 22.6 Å². The van der Waals surface area contributed by atoms with Crippen LogP contribution in [0.25, 0.3) is 0 Å². The van der Waals surface area contributed by atoms with Gasteiger partial charge >= 0.3 is 5.97 Å². The number of ether oxygens (including phenoxy) is 1. The van der Waals surface area contributed by atoms with Crippen molar-refractivity contribution in [3.05, 3.63) is 35.4 Å². The molecule has 0 atom stereocenters. The Morgan fingerprint density at radius 1 is 1.31 bits per heavy atom. The molecule has 0 N–H and O–H groups in total. The van der Waals surface area contributed by atoms with Gasteiger partial charge in [0.05, 0.1) is 7.11 Å². The standard InChI is InChI=1S/C13H17NO2/c1-16-13(15)7-4-8-14-9-11-5-2-3-6-12(11)10-14/h2-3,5-6H,4,7-10H2,1H3. The zero-order valence-electron chi connectivity index (χ0n) is 9.61. The van der Waals surface area contributed by atoms with E-state index in [-0.39, 0.29) is 5.97 Å². The Morgan fingerprint density at radius 2 is 1.94 bits per heavy atom. The third kappa shape index (κ3) is 2.61. The van der Waals surface area contributed by atoms with Crippen molar-refractivity contribution >= 4 is 5.97 Å². The summed E-state index contributed by atoms with van der Waals surface area (Å²) >= 11 is 0. The summed E-state index contributed by atoms with van der Waals surface area (Å²) < 4.78 is 4.62. The van der Waals surface area contributed by atoms with Crippen LogP contribution in [0, 0.1) is 0 Å². The highest BCUT2D eigenvalue weighted by atomic mass is 16.5. The first-order chi connectivity index (χ1) is 7.79. The number of fused-ring (bicyclic) bond motifs is 1. The lowest BCUT2D eigenvalue weighted by Crippen LogP contribution is -2.18. The zero-order chi connectivity index (χ0) is 11.4. The average Bonchev–Trinajstić information content (AvgIpc) is 2.71. The van der Waals surface area contributed by atoms with E-state index in [2.05, 4.69) is 33.9 Å². The minimum absolute atomic E-state index is 0.114. The van der Waals surface area contributed by atoms with Crippen molar-refractivity contribution in [2.45, 2.75) is 25.9 Å². The quantitative estimate of drug-likeness (QED) is 0.725. The molecule has 0 aliphatic carbocycles. The molecule has 0 fully saturated rings. The van der Waals surface area contributed by atoms with Gasteiger partial charge in [0.25, 0.3) is 0 Å². The Morgan fingerprint density at radius 3 is 2.50 bits per heavy atom. The highest BCUT2D eigenvalue weighted by molar-refractivity contribution is 5.69. The van der Waals surface area contributed by atoms with Crippen LogP contribution in [0.4, 0.5) is 0 Å². The molecule has 16 heavy (non-hydrogen) atoms. The maximum Gasteiger partial charge on any atom is 0.305 e. The molecule has 1 aromatic rings. The number of hydrogen-bond acceptors (Lipinski definition) is 3. The van der Waals surface area contributed by atoms with Crippen molar-refractivity contribution in [1.29, 1.82) is 0 Å². The molecule has 1 aliphatic heterocycles. The largest absolute Gasteiger partial charge is 0.469 e. The lowest BCUT2D eigenvalue weighted by molar-refractivity contribution is -0.140. The summed E-state index contributed by atoms with van der Waals surface area (Å²) in [5.74, 6) is -0.114.